The molecule has 0 aliphatic heterocycles. The number of allylic oxidation sites excluding steroid dienone is 3. The quantitative estimate of drug-likeness (QED) is 0.559. The van der Waals surface area contributed by atoms with Crippen molar-refractivity contribution in [1.29, 1.82) is 0 Å². The Balaban J connectivity index is 3.07. The molecule has 4 heteroatoms. The van der Waals surface area contributed by atoms with E-state index in [1.807, 2.05) is 6.92 Å². The molecule has 0 saturated heterocycles. The standard InChI is InChI=1S/C12H19F3S/c1-9-8-12(5,11(2,3)4)7-6-10(9)16(13,14)15/h6-7H,8H2,1-5H3. The molecule has 94 valence electrons. The van der Waals surface area contributed by atoms with E-state index in [-0.39, 0.29) is 10.8 Å². The minimum Gasteiger partial charge on any atom is -0.120 e. The molecule has 0 amide bonds. The molecule has 1 unspecified atom stereocenters. The van der Waals surface area contributed by atoms with Crippen molar-refractivity contribution in [3.8, 4) is 0 Å². The maximum absolute atomic E-state index is 12.7. The van der Waals surface area contributed by atoms with Gasteiger partial charge in [0.05, 0.1) is 4.91 Å². The van der Waals surface area contributed by atoms with Gasteiger partial charge in [-0.3, -0.25) is 0 Å². The van der Waals surface area contributed by atoms with Crippen LogP contribution in [-0.4, -0.2) is 0 Å². The molecular formula is C12H19F3S. The van der Waals surface area contributed by atoms with E-state index in [1.165, 1.54) is 6.08 Å². The lowest BCUT2D eigenvalue weighted by molar-refractivity contribution is 0.166. The average molecular weight is 252 g/mol. The van der Waals surface area contributed by atoms with Crippen LogP contribution in [0.1, 0.15) is 41.0 Å². The van der Waals surface area contributed by atoms with E-state index in [4.69, 9.17) is 0 Å². The summed E-state index contributed by atoms with van der Waals surface area (Å²) in [6.07, 6.45) is 3.50. The van der Waals surface area contributed by atoms with Gasteiger partial charge in [-0.2, -0.15) is 0 Å². The fraction of sp³-hybridized carbons (Fsp3) is 0.667. The Kier molecular flexibility index (Phi) is 3.27. The van der Waals surface area contributed by atoms with Crippen LogP contribution in [0.15, 0.2) is 22.6 Å². The first-order valence-electron chi connectivity index (χ1n) is 5.28. The fourth-order valence-corrected chi connectivity index (χ4v) is 2.58. The largest absolute Gasteiger partial charge is 0.237 e. The van der Waals surface area contributed by atoms with Gasteiger partial charge in [-0.25, -0.2) is 0 Å². The van der Waals surface area contributed by atoms with Crippen LogP contribution in [-0.2, 0) is 0 Å². The molecule has 0 nitrogen and oxygen atoms in total. The van der Waals surface area contributed by atoms with Gasteiger partial charge in [0.2, 0.25) is 11.2 Å². The van der Waals surface area contributed by atoms with E-state index < -0.39 is 16.1 Å². The second-order valence-electron chi connectivity index (χ2n) is 5.73. The third-order valence-electron chi connectivity index (χ3n) is 3.62. The molecule has 1 aliphatic rings. The Hall–Kier alpha value is -0.380. The van der Waals surface area contributed by atoms with Crippen molar-refractivity contribution >= 4 is 11.2 Å². The van der Waals surface area contributed by atoms with E-state index in [9.17, 15) is 11.7 Å². The normalized spacial score (nSPS) is 28.5. The van der Waals surface area contributed by atoms with E-state index in [2.05, 4.69) is 20.8 Å². The summed E-state index contributed by atoms with van der Waals surface area (Å²) in [4.78, 5) is -0.394. The zero-order valence-electron chi connectivity index (χ0n) is 10.4. The highest BCUT2D eigenvalue weighted by molar-refractivity contribution is 8.24. The van der Waals surface area contributed by atoms with Gasteiger partial charge in [-0.15, -0.1) is 11.7 Å². The highest BCUT2D eigenvalue weighted by atomic mass is 32.3. The summed E-state index contributed by atoms with van der Waals surface area (Å²) in [6, 6.07) is 0. The van der Waals surface area contributed by atoms with Crippen molar-refractivity contribution in [1.82, 2.24) is 0 Å². The predicted octanol–water partition coefficient (Wildman–Crippen LogP) is 5.73. The lowest BCUT2D eigenvalue weighted by Gasteiger charge is -2.42. The summed E-state index contributed by atoms with van der Waals surface area (Å²) < 4.78 is 38.1. The molecule has 0 fully saturated rings. The van der Waals surface area contributed by atoms with Crippen LogP contribution in [0.4, 0.5) is 11.7 Å². The zero-order valence-corrected chi connectivity index (χ0v) is 11.2. The predicted molar refractivity (Wildman–Crippen MR) is 64.9 cm³/mol. The maximum atomic E-state index is 12.7. The van der Waals surface area contributed by atoms with Crippen LogP contribution in [0.2, 0.25) is 0 Å². The van der Waals surface area contributed by atoms with Crippen LogP contribution < -0.4 is 0 Å². The van der Waals surface area contributed by atoms with Gasteiger partial charge in [-0.1, -0.05) is 39.3 Å². The van der Waals surface area contributed by atoms with Crippen molar-refractivity contribution in [2.75, 3.05) is 0 Å². The summed E-state index contributed by atoms with van der Waals surface area (Å²) >= 11 is -5.08. The first-order chi connectivity index (χ1) is 6.97. The molecule has 0 bridgehead atoms. The number of rotatable bonds is 1. The van der Waals surface area contributed by atoms with E-state index in [1.54, 1.807) is 13.0 Å². The molecule has 0 aromatic heterocycles. The van der Waals surface area contributed by atoms with Gasteiger partial charge < -0.3 is 0 Å². The van der Waals surface area contributed by atoms with Crippen LogP contribution in [0, 0.1) is 10.8 Å². The molecule has 1 aliphatic carbocycles. The van der Waals surface area contributed by atoms with Crippen LogP contribution in [0.3, 0.4) is 0 Å². The van der Waals surface area contributed by atoms with Gasteiger partial charge in [0.15, 0.2) is 0 Å². The molecule has 0 heterocycles. The molecule has 0 aromatic carbocycles. The molecule has 0 saturated carbocycles. The minimum absolute atomic E-state index is 0.0305. The van der Waals surface area contributed by atoms with E-state index in [0.29, 0.717) is 12.0 Å². The highest BCUT2D eigenvalue weighted by Gasteiger charge is 2.40. The average Bonchev–Trinajstić information content (AvgIpc) is 1.98. The summed E-state index contributed by atoms with van der Waals surface area (Å²) in [5.74, 6) is 0. The van der Waals surface area contributed by atoms with Crippen molar-refractivity contribution in [3.05, 3.63) is 22.6 Å². The summed E-state index contributed by atoms with van der Waals surface area (Å²) in [7, 11) is 0. The Labute approximate surface area is 97.8 Å². The van der Waals surface area contributed by atoms with Crippen LogP contribution in [0.5, 0.6) is 0 Å². The molecule has 0 aromatic rings. The number of hydrogen-bond acceptors (Lipinski definition) is 0. The lowest BCUT2D eigenvalue weighted by Crippen LogP contribution is -2.32. The Morgan fingerprint density at radius 3 is 2.06 bits per heavy atom. The van der Waals surface area contributed by atoms with Gasteiger partial charge in [0, 0.05) is 0 Å². The number of halogens is 3. The second kappa shape index (κ2) is 3.83. The molecule has 0 radical (unpaired) electrons. The molecule has 1 rings (SSSR count). The SMILES string of the molecule is CC1=C(S(F)(F)F)C=CC(C)(C(C)(C)C)C1. The summed E-state index contributed by atoms with van der Waals surface area (Å²) in [6.45, 7) is 9.82. The highest BCUT2D eigenvalue weighted by Crippen LogP contribution is 2.64. The fourth-order valence-electron chi connectivity index (χ4n) is 1.89. The summed E-state index contributed by atoms with van der Waals surface area (Å²) in [5.41, 5.74) is 0.255. The molecular weight excluding hydrogens is 233 g/mol. The lowest BCUT2D eigenvalue weighted by atomic mass is 9.63. The molecule has 0 spiro atoms. The molecule has 16 heavy (non-hydrogen) atoms. The van der Waals surface area contributed by atoms with Crippen molar-refractivity contribution in [2.45, 2.75) is 41.0 Å². The van der Waals surface area contributed by atoms with Crippen molar-refractivity contribution in [2.24, 2.45) is 10.8 Å². The van der Waals surface area contributed by atoms with Crippen molar-refractivity contribution < 1.29 is 11.7 Å². The smallest absolute Gasteiger partial charge is 0.120 e. The molecule has 1 atom stereocenters. The zero-order chi connectivity index (χ0) is 12.8. The second-order valence-corrected chi connectivity index (χ2v) is 6.98. The third kappa shape index (κ3) is 2.47. The van der Waals surface area contributed by atoms with Gasteiger partial charge in [-0.05, 0) is 30.3 Å². The Morgan fingerprint density at radius 2 is 1.75 bits per heavy atom. The van der Waals surface area contributed by atoms with Crippen molar-refractivity contribution in [3.63, 3.8) is 0 Å². The van der Waals surface area contributed by atoms with Crippen LogP contribution >= 0.6 is 11.2 Å². The van der Waals surface area contributed by atoms with Gasteiger partial charge in [0.1, 0.15) is 0 Å². The number of hydrogen-bond donors (Lipinski definition) is 0. The van der Waals surface area contributed by atoms with E-state index >= 15 is 0 Å². The van der Waals surface area contributed by atoms with Crippen LogP contribution in [0.25, 0.3) is 0 Å². The Bertz CT molecular complexity index is 344. The monoisotopic (exact) mass is 252 g/mol. The Morgan fingerprint density at radius 1 is 1.25 bits per heavy atom. The minimum atomic E-state index is -5.08. The van der Waals surface area contributed by atoms with Gasteiger partial charge in [0.25, 0.3) is 0 Å². The first-order valence-corrected chi connectivity index (χ1v) is 6.62. The topological polar surface area (TPSA) is 0 Å². The van der Waals surface area contributed by atoms with E-state index in [0.717, 1.165) is 0 Å². The molecule has 0 N–H and O–H groups in total. The maximum Gasteiger partial charge on any atom is 0.237 e. The van der Waals surface area contributed by atoms with Gasteiger partial charge >= 0.3 is 0 Å². The third-order valence-corrected chi connectivity index (χ3v) is 4.60. The summed E-state index contributed by atoms with van der Waals surface area (Å²) in [5, 5.41) is 0. The first kappa shape index (κ1) is 13.7.